The number of benzene rings is 1. The van der Waals surface area contributed by atoms with E-state index >= 15 is 0 Å². The minimum absolute atomic E-state index is 0.0569. The maximum absolute atomic E-state index is 13.6. The lowest BCUT2D eigenvalue weighted by Gasteiger charge is -2.18. The van der Waals surface area contributed by atoms with Gasteiger partial charge in [0.2, 0.25) is 0 Å². The van der Waals surface area contributed by atoms with Crippen LogP contribution in [0.4, 0.5) is 4.39 Å². The summed E-state index contributed by atoms with van der Waals surface area (Å²) in [5.41, 5.74) is 0.858. The first-order valence-corrected chi connectivity index (χ1v) is 6.72. The largest absolute Gasteiger partial charge is 0.316 e. The SMILES string of the molecule is CNC(Cc1ccccc1F)C1C2CCCC21. The minimum atomic E-state index is -0.0569. The first-order chi connectivity index (χ1) is 8.31. The molecule has 0 heterocycles. The molecule has 2 fully saturated rings. The van der Waals surface area contributed by atoms with Gasteiger partial charge >= 0.3 is 0 Å². The monoisotopic (exact) mass is 233 g/mol. The molecular weight excluding hydrogens is 213 g/mol. The van der Waals surface area contributed by atoms with Gasteiger partial charge in [-0.15, -0.1) is 0 Å². The maximum Gasteiger partial charge on any atom is 0.126 e. The molecule has 0 aliphatic heterocycles. The molecule has 0 radical (unpaired) electrons. The molecule has 92 valence electrons. The highest BCUT2D eigenvalue weighted by molar-refractivity contribution is 5.20. The van der Waals surface area contributed by atoms with E-state index in [2.05, 4.69) is 5.32 Å². The third kappa shape index (κ3) is 1.99. The molecule has 0 spiro atoms. The average molecular weight is 233 g/mol. The highest BCUT2D eigenvalue weighted by atomic mass is 19.1. The number of nitrogens with one attached hydrogen (secondary N) is 1. The van der Waals surface area contributed by atoms with Crippen molar-refractivity contribution >= 4 is 0 Å². The van der Waals surface area contributed by atoms with Crippen molar-refractivity contribution in [2.45, 2.75) is 31.7 Å². The highest BCUT2D eigenvalue weighted by Crippen LogP contribution is 2.59. The van der Waals surface area contributed by atoms with Gasteiger partial charge in [-0.25, -0.2) is 4.39 Å². The standard InChI is InChI=1S/C15H20FN/c1-17-14(15-11-6-4-7-12(11)15)9-10-5-2-3-8-13(10)16/h2-3,5,8,11-12,14-15,17H,4,6-7,9H2,1H3. The molecule has 17 heavy (non-hydrogen) atoms. The quantitative estimate of drug-likeness (QED) is 0.843. The molecule has 0 aromatic heterocycles. The van der Waals surface area contributed by atoms with Crippen LogP contribution in [0, 0.1) is 23.6 Å². The van der Waals surface area contributed by atoms with E-state index in [4.69, 9.17) is 0 Å². The van der Waals surface area contributed by atoms with Crippen LogP contribution in [0.15, 0.2) is 24.3 Å². The van der Waals surface area contributed by atoms with Crippen LogP contribution in [-0.4, -0.2) is 13.1 Å². The summed E-state index contributed by atoms with van der Waals surface area (Å²) in [6.07, 6.45) is 5.03. The third-order valence-electron chi connectivity index (χ3n) is 4.71. The Hall–Kier alpha value is -0.890. The van der Waals surface area contributed by atoms with Crippen molar-refractivity contribution in [1.29, 1.82) is 0 Å². The van der Waals surface area contributed by atoms with Crippen LogP contribution < -0.4 is 5.32 Å². The van der Waals surface area contributed by atoms with Gasteiger partial charge in [-0.1, -0.05) is 24.6 Å². The Labute approximate surface area is 102 Å². The lowest BCUT2D eigenvalue weighted by molar-refractivity contribution is 0.422. The summed E-state index contributed by atoms with van der Waals surface area (Å²) in [7, 11) is 2.01. The second kappa shape index (κ2) is 4.41. The first kappa shape index (κ1) is 11.2. The molecule has 3 rings (SSSR count). The van der Waals surface area contributed by atoms with Crippen molar-refractivity contribution in [3.8, 4) is 0 Å². The number of hydrogen-bond acceptors (Lipinski definition) is 1. The normalized spacial score (nSPS) is 32.2. The summed E-state index contributed by atoms with van der Waals surface area (Å²) in [5.74, 6) is 2.60. The number of fused-ring (bicyclic) bond motifs is 1. The van der Waals surface area contributed by atoms with E-state index in [-0.39, 0.29) is 5.82 Å². The summed E-state index contributed by atoms with van der Waals surface area (Å²) >= 11 is 0. The highest BCUT2D eigenvalue weighted by Gasteiger charge is 2.55. The zero-order valence-electron chi connectivity index (χ0n) is 10.3. The van der Waals surface area contributed by atoms with Crippen LogP contribution in [0.25, 0.3) is 0 Å². The van der Waals surface area contributed by atoms with Crippen LogP contribution in [0.1, 0.15) is 24.8 Å². The van der Waals surface area contributed by atoms with Crippen molar-refractivity contribution in [3.05, 3.63) is 35.6 Å². The first-order valence-electron chi connectivity index (χ1n) is 6.72. The fourth-order valence-corrected chi connectivity index (χ4v) is 3.81. The zero-order valence-corrected chi connectivity index (χ0v) is 10.3. The topological polar surface area (TPSA) is 12.0 Å². The van der Waals surface area contributed by atoms with Crippen LogP contribution in [-0.2, 0) is 6.42 Å². The van der Waals surface area contributed by atoms with Gasteiger partial charge in [0.25, 0.3) is 0 Å². The van der Waals surface area contributed by atoms with Gasteiger partial charge in [0, 0.05) is 6.04 Å². The molecule has 2 aliphatic carbocycles. The maximum atomic E-state index is 13.6. The summed E-state index contributed by atoms with van der Waals surface area (Å²) < 4.78 is 13.6. The lowest BCUT2D eigenvalue weighted by Crippen LogP contribution is -2.31. The summed E-state index contributed by atoms with van der Waals surface area (Å²) in [6, 6.07) is 7.63. The van der Waals surface area contributed by atoms with Crippen LogP contribution >= 0.6 is 0 Å². The molecule has 3 unspecified atom stereocenters. The van der Waals surface area contributed by atoms with Crippen LogP contribution in [0.2, 0.25) is 0 Å². The predicted octanol–water partition coefficient (Wildman–Crippen LogP) is 3.00. The van der Waals surface area contributed by atoms with Gasteiger partial charge in [-0.05, 0) is 55.7 Å². The molecule has 2 aliphatic rings. The Morgan fingerprint density at radius 3 is 2.65 bits per heavy atom. The van der Waals surface area contributed by atoms with Gasteiger partial charge < -0.3 is 5.32 Å². The molecule has 2 heteroatoms. The molecule has 1 aromatic carbocycles. The Kier molecular flexibility index (Phi) is 2.91. The molecule has 0 saturated heterocycles. The van der Waals surface area contributed by atoms with Crippen molar-refractivity contribution < 1.29 is 4.39 Å². The molecule has 1 N–H and O–H groups in total. The Morgan fingerprint density at radius 1 is 1.29 bits per heavy atom. The van der Waals surface area contributed by atoms with Crippen molar-refractivity contribution in [3.63, 3.8) is 0 Å². The number of likely N-dealkylation sites (N-methyl/N-ethyl adjacent to an activating group) is 1. The van der Waals surface area contributed by atoms with E-state index in [1.165, 1.54) is 19.3 Å². The second-order valence-corrected chi connectivity index (χ2v) is 5.53. The van der Waals surface area contributed by atoms with Gasteiger partial charge in [0.1, 0.15) is 5.82 Å². The van der Waals surface area contributed by atoms with E-state index in [1.54, 1.807) is 12.1 Å². The van der Waals surface area contributed by atoms with Gasteiger partial charge in [-0.2, -0.15) is 0 Å². The summed E-state index contributed by atoms with van der Waals surface area (Å²) in [6.45, 7) is 0. The Bertz CT molecular complexity index is 394. The molecular formula is C15H20FN. The van der Waals surface area contributed by atoms with Gasteiger partial charge in [0.05, 0.1) is 0 Å². The van der Waals surface area contributed by atoms with E-state index in [1.807, 2.05) is 19.2 Å². The summed E-state index contributed by atoms with van der Waals surface area (Å²) in [5, 5.41) is 3.40. The second-order valence-electron chi connectivity index (χ2n) is 5.53. The van der Waals surface area contributed by atoms with Gasteiger partial charge in [0.15, 0.2) is 0 Å². The molecule has 1 aromatic rings. The fourth-order valence-electron chi connectivity index (χ4n) is 3.81. The number of halogens is 1. The predicted molar refractivity (Wildman–Crippen MR) is 67.3 cm³/mol. The molecule has 0 bridgehead atoms. The van der Waals surface area contributed by atoms with Crippen LogP contribution in [0.3, 0.4) is 0 Å². The van der Waals surface area contributed by atoms with Crippen molar-refractivity contribution in [1.82, 2.24) is 5.32 Å². The van der Waals surface area contributed by atoms with E-state index < -0.39 is 0 Å². The average Bonchev–Trinajstić information content (AvgIpc) is 2.82. The minimum Gasteiger partial charge on any atom is -0.316 e. The van der Waals surface area contributed by atoms with Gasteiger partial charge in [-0.3, -0.25) is 0 Å². The van der Waals surface area contributed by atoms with E-state index in [0.717, 1.165) is 29.7 Å². The molecule has 2 saturated carbocycles. The van der Waals surface area contributed by atoms with E-state index in [0.29, 0.717) is 6.04 Å². The smallest absolute Gasteiger partial charge is 0.126 e. The number of rotatable bonds is 4. The van der Waals surface area contributed by atoms with Crippen molar-refractivity contribution in [2.24, 2.45) is 17.8 Å². The fraction of sp³-hybridized carbons (Fsp3) is 0.600. The molecule has 1 nitrogen and oxygen atoms in total. The van der Waals surface area contributed by atoms with E-state index in [9.17, 15) is 4.39 Å². The molecule has 3 atom stereocenters. The van der Waals surface area contributed by atoms with Crippen LogP contribution in [0.5, 0.6) is 0 Å². The summed E-state index contributed by atoms with van der Waals surface area (Å²) in [4.78, 5) is 0. The number of hydrogen-bond donors (Lipinski definition) is 1. The lowest BCUT2D eigenvalue weighted by atomic mass is 9.97. The van der Waals surface area contributed by atoms with Crippen molar-refractivity contribution in [2.75, 3.05) is 7.05 Å². The zero-order chi connectivity index (χ0) is 11.8. The molecule has 0 amide bonds. The third-order valence-corrected chi connectivity index (χ3v) is 4.71. The Balaban J connectivity index is 1.69. The Morgan fingerprint density at radius 2 is 2.00 bits per heavy atom.